The zero-order valence-corrected chi connectivity index (χ0v) is 10.0. The standard InChI is InChI=1S/C12H22N2O2/c1-9-4-7-16-11(9)12(15)14-5-2-10(8-13)3-6-14/h9-11H,2-8,13H2,1H3. The number of carbonyl (C=O) groups is 1. The lowest BCUT2D eigenvalue weighted by atomic mass is 9.95. The van der Waals surface area contributed by atoms with Gasteiger partial charge in [-0.2, -0.15) is 0 Å². The van der Waals surface area contributed by atoms with E-state index in [1.54, 1.807) is 0 Å². The lowest BCUT2D eigenvalue weighted by Crippen LogP contribution is -2.46. The summed E-state index contributed by atoms with van der Waals surface area (Å²) in [5, 5.41) is 0. The van der Waals surface area contributed by atoms with E-state index in [2.05, 4.69) is 6.92 Å². The Bertz CT molecular complexity index is 249. The summed E-state index contributed by atoms with van der Waals surface area (Å²) in [7, 11) is 0. The Kier molecular flexibility index (Phi) is 3.82. The van der Waals surface area contributed by atoms with Crippen LogP contribution >= 0.6 is 0 Å². The molecule has 2 aliphatic rings. The van der Waals surface area contributed by atoms with E-state index >= 15 is 0 Å². The van der Waals surface area contributed by atoms with Gasteiger partial charge >= 0.3 is 0 Å². The third-order valence-corrected chi connectivity index (χ3v) is 3.89. The zero-order valence-electron chi connectivity index (χ0n) is 10.0. The first-order valence-corrected chi connectivity index (χ1v) is 6.33. The highest BCUT2D eigenvalue weighted by Crippen LogP contribution is 2.24. The van der Waals surface area contributed by atoms with Gasteiger partial charge in [0.25, 0.3) is 5.91 Å². The molecule has 2 heterocycles. The van der Waals surface area contributed by atoms with Gasteiger partial charge in [0, 0.05) is 19.7 Å². The molecule has 1 amide bonds. The van der Waals surface area contributed by atoms with E-state index in [0.717, 1.165) is 45.5 Å². The fourth-order valence-electron chi connectivity index (χ4n) is 2.58. The van der Waals surface area contributed by atoms with Crippen LogP contribution < -0.4 is 5.73 Å². The second kappa shape index (κ2) is 5.15. The number of carbonyl (C=O) groups excluding carboxylic acids is 1. The van der Waals surface area contributed by atoms with Crippen molar-refractivity contribution in [2.24, 2.45) is 17.6 Å². The molecule has 4 heteroatoms. The number of nitrogens with two attached hydrogens (primary N) is 1. The van der Waals surface area contributed by atoms with Gasteiger partial charge in [0.2, 0.25) is 0 Å². The van der Waals surface area contributed by atoms with E-state index in [4.69, 9.17) is 10.5 Å². The highest BCUT2D eigenvalue weighted by molar-refractivity contribution is 5.81. The highest BCUT2D eigenvalue weighted by atomic mass is 16.5. The maximum Gasteiger partial charge on any atom is 0.251 e. The van der Waals surface area contributed by atoms with Gasteiger partial charge in [-0.1, -0.05) is 6.92 Å². The molecule has 0 aromatic rings. The number of rotatable bonds is 2. The number of likely N-dealkylation sites (tertiary alicyclic amines) is 1. The SMILES string of the molecule is CC1CCOC1C(=O)N1CCC(CN)CC1. The van der Waals surface area contributed by atoms with Crippen LogP contribution in [0.15, 0.2) is 0 Å². The summed E-state index contributed by atoms with van der Waals surface area (Å²) in [6.07, 6.45) is 2.91. The van der Waals surface area contributed by atoms with Gasteiger partial charge in [0.15, 0.2) is 0 Å². The quantitative estimate of drug-likeness (QED) is 0.750. The molecule has 0 aliphatic carbocycles. The number of nitrogens with zero attached hydrogens (tertiary/aromatic N) is 1. The van der Waals surface area contributed by atoms with Gasteiger partial charge in [-0.15, -0.1) is 0 Å². The van der Waals surface area contributed by atoms with Crippen LogP contribution in [0.4, 0.5) is 0 Å². The van der Waals surface area contributed by atoms with E-state index in [1.807, 2.05) is 4.90 Å². The topological polar surface area (TPSA) is 55.6 Å². The Morgan fingerprint density at radius 2 is 2.06 bits per heavy atom. The average Bonchev–Trinajstić information content (AvgIpc) is 2.75. The molecule has 2 rings (SSSR count). The van der Waals surface area contributed by atoms with Crippen molar-refractivity contribution in [2.75, 3.05) is 26.2 Å². The molecule has 0 bridgehead atoms. The second-order valence-corrected chi connectivity index (χ2v) is 5.06. The minimum Gasteiger partial charge on any atom is -0.368 e. The van der Waals surface area contributed by atoms with Gasteiger partial charge in [-0.05, 0) is 37.6 Å². The third kappa shape index (κ3) is 2.38. The van der Waals surface area contributed by atoms with Gasteiger partial charge in [0.1, 0.15) is 6.10 Å². The molecule has 16 heavy (non-hydrogen) atoms. The van der Waals surface area contributed by atoms with Crippen LogP contribution in [-0.4, -0.2) is 43.2 Å². The van der Waals surface area contributed by atoms with Crippen LogP contribution in [0.1, 0.15) is 26.2 Å². The van der Waals surface area contributed by atoms with Gasteiger partial charge in [-0.25, -0.2) is 0 Å². The van der Waals surface area contributed by atoms with E-state index in [1.165, 1.54) is 0 Å². The maximum absolute atomic E-state index is 12.2. The molecule has 2 saturated heterocycles. The molecule has 0 radical (unpaired) electrons. The Hall–Kier alpha value is -0.610. The molecule has 2 N–H and O–H groups in total. The van der Waals surface area contributed by atoms with Crippen molar-refractivity contribution in [3.63, 3.8) is 0 Å². The van der Waals surface area contributed by atoms with Crippen molar-refractivity contribution in [2.45, 2.75) is 32.3 Å². The zero-order chi connectivity index (χ0) is 11.5. The monoisotopic (exact) mass is 226 g/mol. The predicted octanol–water partition coefficient (Wildman–Crippen LogP) is 0.609. The Morgan fingerprint density at radius 3 is 2.56 bits per heavy atom. The van der Waals surface area contributed by atoms with E-state index < -0.39 is 0 Å². The van der Waals surface area contributed by atoms with Gasteiger partial charge < -0.3 is 15.4 Å². The summed E-state index contributed by atoms with van der Waals surface area (Å²) in [6, 6.07) is 0. The highest BCUT2D eigenvalue weighted by Gasteiger charge is 2.35. The van der Waals surface area contributed by atoms with Crippen molar-refractivity contribution in [3.05, 3.63) is 0 Å². The fourth-order valence-corrected chi connectivity index (χ4v) is 2.58. The number of amides is 1. The molecule has 2 atom stereocenters. The van der Waals surface area contributed by atoms with Crippen LogP contribution in [0.25, 0.3) is 0 Å². The third-order valence-electron chi connectivity index (χ3n) is 3.89. The molecular formula is C12H22N2O2. The molecule has 2 fully saturated rings. The number of hydrogen-bond donors (Lipinski definition) is 1. The minimum atomic E-state index is -0.186. The predicted molar refractivity (Wildman–Crippen MR) is 61.9 cm³/mol. The van der Waals surface area contributed by atoms with E-state index in [0.29, 0.717) is 11.8 Å². The molecule has 92 valence electrons. The first kappa shape index (κ1) is 11.9. The molecule has 0 aromatic carbocycles. The molecule has 2 unspecified atom stereocenters. The van der Waals surface area contributed by atoms with E-state index in [9.17, 15) is 4.79 Å². The number of ether oxygens (including phenoxy) is 1. The van der Waals surface area contributed by atoms with Crippen molar-refractivity contribution in [1.82, 2.24) is 4.90 Å². The maximum atomic E-state index is 12.2. The summed E-state index contributed by atoms with van der Waals surface area (Å²) in [5.41, 5.74) is 5.64. The molecule has 0 spiro atoms. The summed E-state index contributed by atoms with van der Waals surface area (Å²) < 4.78 is 5.52. The van der Waals surface area contributed by atoms with Crippen LogP contribution in [0, 0.1) is 11.8 Å². The molecule has 4 nitrogen and oxygen atoms in total. The van der Waals surface area contributed by atoms with Crippen LogP contribution in [0.2, 0.25) is 0 Å². The van der Waals surface area contributed by atoms with Crippen molar-refractivity contribution in [1.29, 1.82) is 0 Å². The summed E-state index contributed by atoms with van der Waals surface area (Å²) in [4.78, 5) is 14.1. The Morgan fingerprint density at radius 1 is 1.38 bits per heavy atom. The van der Waals surface area contributed by atoms with E-state index in [-0.39, 0.29) is 12.0 Å². The Balaban J connectivity index is 1.86. The van der Waals surface area contributed by atoms with Crippen LogP contribution in [0.3, 0.4) is 0 Å². The molecule has 0 aromatic heterocycles. The number of piperidine rings is 1. The summed E-state index contributed by atoms with van der Waals surface area (Å²) >= 11 is 0. The minimum absolute atomic E-state index is 0.186. The normalized spacial score (nSPS) is 32.0. The summed E-state index contributed by atoms with van der Waals surface area (Å²) in [6.45, 7) is 5.29. The first-order chi connectivity index (χ1) is 7.72. The largest absolute Gasteiger partial charge is 0.368 e. The molecule has 2 aliphatic heterocycles. The van der Waals surface area contributed by atoms with Gasteiger partial charge in [0.05, 0.1) is 0 Å². The first-order valence-electron chi connectivity index (χ1n) is 6.33. The Labute approximate surface area is 97.1 Å². The van der Waals surface area contributed by atoms with Crippen molar-refractivity contribution < 1.29 is 9.53 Å². The van der Waals surface area contributed by atoms with Crippen molar-refractivity contribution >= 4 is 5.91 Å². The lowest BCUT2D eigenvalue weighted by molar-refractivity contribution is -0.143. The van der Waals surface area contributed by atoms with Crippen LogP contribution in [0.5, 0.6) is 0 Å². The van der Waals surface area contributed by atoms with Gasteiger partial charge in [-0.3, -0.25) is 4.79 Å². The smallest absolute Gasteiger partial charge is 0.251 e. The fraction of sp³-hybridized carbons (Fsp3) is 0.917. The van der Waals surface area contributed by atoms with Crippen LogP contribution in [-0.2, 0) is 9.53 Å². The lowest BCUT2D eigenvalue weighted by Gasteiger charge is -2.33. The summed E-state index contributed by atoms with van der Waals surface area (Å²) in [5.74, 6) is 1.17. The average molecular weight is 226 g/mol. The van der Waals surface area contributed by atoms with Crippen molar-refractivity contribution in [3.8, 4) is 0 Å². The second-order valence-electron chi connectivity index (χ2n) is 5.06. The number of hydrogen-bond acceptors (Lipinski definition) is 3. The molecule has 0 saturated carbocycles. The molecular weight excluding hydrogens is 204 g/mol.